The van der Waals surface area contributed by atoms with Gasteiger partial charge in [-0.3, -0.25) is 4.79 Å². The molecule has 0 unspecified atom stereocenters. The molecule has 0 radical (unpaired) electrons. The van der Waals surface area contributed by atoms with Gasteiger partial charge in [-0.25, -0.2) is 0 Å². The van der Waals surface area contributed by atoms with Crippen LogP contribution in [0.1, 0.15) is 6.42 Å². The van der Waals surface area contributed by atoms with Crippen LogP contribution in [0.2, 0.25) is 5.02 Å². The molecular formula is C17H14ClN3O3S. The van der Waals surface area contributed by atoms with Gasteiger partial charge in [0.1, 0.15) is 0 Å². The van der Waals surface area contributed by atoms with E-state index in [1.54, 1.807) is 24.3 Å². The van der Waals surface area contributed by atoms with Gasteiger partial charge >= 0.3 is 0 Å². The SMILES string of the molecule is O=C(CCSc1c([O-])on[n+]1-c1ccccc1)Nc1cccc(Cl)c1. The Morgan fingerprint density at radius 1 is 1.24 bits per heavy atom. The van der Waals surface area contributed by atoms with Crippen molar-refractivity contribution in [3.8, 4) is 11.6 Å². The van der Waals surface area contributed by atoms with E-state index in [0.29, 0.717) is 21.5 Å². The maximum atomic E-state index is 12.0. The summed E-state index contributed by atoms with van der Waals surface area (Å²) in [4.78, 5) is 12.0. The molecule has 0 aliphatic carbocycles. The number of para-hydroxylation sites is 1. The zero-order valence-electron chi connectivity index (χ0n) is 13.0. The number of amides is 1. The molecule has 0 bridgehead atoms. The summed E-state index contributed by atoms with van der Waals surface area (Å²) in [6.07, 6.45) is 0.233. The summed E-state index contributed by atoms with van der Waals surface area (Å²) in [5, 5.41) is 19.2. The molecule has 0 spiro atoms. The van der Waals surface area contributed by atoms with Gasteiger partial charge in [-0.2, -0.15) is 0 Å². The third-order valence-electron chi connectivity index (χ3n) is 3.25. The quantitative estimate of drug-likeness (QED) is 0.529. The van der Waals surface area contributed by atoms with E-state index in [4.69, 9.17) is 16.1 Å². The topological polar surface area (TPSA) is 82.1 Å². The summed E-state index contributed by atoms with van der Waals surface area (Å²) in [5.74, 6) is -0.274. The molecule has 2 aromatic carbocycles. The van der Waals surface area contributed by atoms with Crippen LogP contribution >= 0.6 is 23.4 Å². The second-order valence-electron chi connectivity index (χ2n) is 5.07. The van der Waals surface area contributed by atoms with Gasteiger partial charge in [0.25, 0.3) is 5.03 Å². The van der Waals surface area contributed by atoms with Crippen LogP contribution in [0.15, 0.2) is 64.1 Å². The summed E-state index contributed by atoms with van der Waals surface area (Å²) in [7, 11) is 0. The van der Waals surface area contributed by atoms with Gasteiger partial charge in [-0.05, 0) is 22.9 Å². The number of anilines is 1. The van der Waals surface area contributed by atoms with Crippen LogP contribution in [0.3, 0.4) is 0 Å². The standard InChI is InChI=1S/C17H14ClN3O3S/c18-12-5-4-6-13(11-12)19-15(22)9-10-25-16-17(23)24-20-21(16)14-7-2-1-3-8-14/h1-8,11H,9-10H2,(H-,19,20,22,23). The van der Waals surface area contributed by atoms with Crippen LogP contribution in [0.25, 0.3) is 5.69 Å². The molecule has 3 aromatic rings. The van der Waals surface area contributed by atoms with Gasteiger partial charge in [0.2, 0.25) is 11.6 Å². The number of hydrogen-bond donors (Lipinski definition) is 1. The largest absolute Gasteiger partial charge is 0.538 e. The van der Waals surface area contributed by atoms with Gasteiger partial charge < -0.3 is 14.9 Å². The van der Waals surface area contributed by atoms with Crippen molar-refractivity contribution in [2.24, 2.45) is 0 Å². The summed E-state index contributed by atoms with van der Waals surface area (Å²) >= 11 is 7.11. The minimum atomic E-state index is -0.524. The predicted octanol–water partition coefficient (Wildman–Crippen LogP) is 2.80. The van der Waals surface area contributed by atoms with E-state index in [9.17, 15) is 9.90 Å². The number of halogens is 1. The highest BCUT2D eigenvalue weighted by Gasteiger charge is 2.20. The Morgan fingerprint density at radius 2 is 2.04 bits per heavy atom. The second kappa shape index (κ2) is 8.04. The molecule has 6 nitrogen and oxygen atoms in total. The normalized spacial score (nSPS) is 10.6. The lowest BCUT2D eigenvalue weighted by atomic mass is 10.3. The lowest BCUT2D eigenvalue weighted by molar-refractivity contribution is -0.705. The van der Waals surface area contributed by atoms with Gasteiger partial charge in [-0.15, -0.1) is 0 Å². The fourth-order valence-electron chi connectivity index (χ4n) is 2.12. The number of nitrogens with one attached hydrogen (secondary N) is 1. The first-order valence-corrected chi connectivity index (χ1v) is 8.82. The molecule has 3 rings (SSSR count). The Morgan fingerprint density at radius 3 is 2.80 bits per heavy atom. The monoisotopic (exact) mass is 375 g/mol. The van der Waals surface area contributed by atoms with E-state index in [2.05, 4.69) is 10.6 Å². The van der Waals surface area contributed by atoms with Gasteiger partial charge in [0.05, 0.1) is 5.27 Å². The Labute approximate surface area is 153 Å². The van der Waals surface area contributed by atoms with E-state index in [1.807, 2.05) is 30.3 Å². The van der Waals surface area contributed by atoms with Crippen LogP contribution < -0.4 is 15.1 Å². The summed E-state index contributed by atoms with van der Waals surface area (Å²) in [6, 6.07) is 16.1. The number of carbonyl (C=O) groups is 1. The minimum Gasteiger partial charge on any atom is -0.538 e. The number of benzene rings is 2. The van der Waals surface area contributed by atoms with Gasteiger partial charge in [0, 0.05) is 35.0 Å². The average molecular weight is 376 g/mol. The van der Waals surface area contributed by atoms with Crippen LogP contribution in [0.4, 0.5) is 5.69 Å². The maximum absolute atomic E-state index is 12.0. The highest BCUT2D eigenvalue weighted by Crippen LogP contribution is 2.24. The summed E-state index contributed by atoms with van der Waals surface area (Å²) < 4.78 is 6.17. The molecule has 1 aromatic heterocycles. The number of hydrogen-bond acceptors (Lipinski definition) is 5. The first kappa shape index (κ1) is 17.3. The van der Waals surface area contributed by atoms with Crippen molar-refractivity contribution in [2.45, 2.75) is 11.4 Å². The number of aromatic nitrogens is 2. The van der Waals surface area contributed by atoms with Crippen LogP contribution in [-0.4, -0.2) is 16.9 Å². The van der Waals surface area contributed by atoms with Crippen molar-refractivity contribution in [1.82, 2.24) is 5.27 Å². The van der Waals surface area contributed by atoms with Crippen molar-refractivity contribution in [2.75, 3.05) is 11.1 Å². The molecule has 25 heavy (non-hydrogen) atoms. The predicted molar refractivity (Wildman–Crippen MR) is 92.9 cm³/mol. The molecular weight excluding hydrogens is 362 g/mol. The molecule has 1 heterocycles. The maximum Gasteiger partial charge on any atom is 0.297 e. The first-order valence-electron chi connectivity index (χ1n) is 7.46. The zero-order valence-corrected chi connectivity index (χ0v) is 14.6. The van der Waals surface area contributed by atoms with Crippen molar-refractivity contribution in [3.05, 3.63) is 59.6 Å². The molecule has 0 aliphatic rings. The number of thioether (sulfide) groups is 1. The van der Waals surface area contributed by atoms with Crippen molar-refractivity contribution >= 4 is 35.0 Å². The molecule has 0 saturated heterocycles. The number of carbonyl (C=O) groups excluding carboxylic acids is 1. The lowest BCUT2D eigenvalue weighted by Crippen LogP contribution is -2.34. The van der Waals surface area contributed by atoms with E-state index in [-0.39, 0.29) is 12.3 Å². The Kier molecular flexibility index (Phi) is 5.57. The molecule has 8 heteroatoms. The fourth-order valence-corrected chi connectivity index (χ4v) is 3.21. The Hall–Kier alpha value is -2.51. The molecule has 0 fully saturated rings. The van der Waals surface area contributed by atoms with Crippen LogP contribution in [-0.2, 0) is 4.79 Å². The third kappa shape index (κ3) is 4.52. The zero-order chi connectivity index (χ0) is 17.6. The van der Waals surface area contributed by atoms with Crippen molar-refractivity contribution < 1.29 is 19.1 Å². The molecule has 1 amide bonds. The van der Waals surface area contributed by atoms with E-state index in [0.717, 1.165) is 5.69 Å². The third-order valence-corrected chi connectivity index (χ3v) is 4.51. The van der Waals surface area contributed by atoms with Gasteiger partial charge in [0.15, 0.2) is 5.95 Å². The van der Waals surface area contributed by atoms with Crippen LogP contribution in [0, 0.1) is 0 Å². The average Bonchev–Trinajstić information content (AvgIpc) is 2.97. The Bertz CT molecular complexity index is 871. The lowest BCUT2D eigenvalue weighted by Gasteiger charge is -2.04. The highest BCUT2D eigenvalue weighted by atomic mass is 35.5. The van der Waals surface area contributed by atoms with Gasteiger partial charge in [-0.1, -0.05) is 47.6 Å². The molecule has 0 aliphatic heterocycles. The minimum absolute atomic E-state index is 0.162. The molecule has 1 N–H and O–H groups in total. The first-order chi connectivity index (χ1) is 12.1. The molecule has 128 valence electrons. The number of nitrogens with zero attached hydrogens (tertiary/aromatic N) is 2. The van der Waals surface area contributed by atoms with E-state index in [1.165, 1.54) is 16.4 Å². The smallest absolute Gasteiger partial charge is 0.297 e. The van der Waals surface area contributed by atoms with Crippen molar-refractivity contribution in [3.63, 3.8) is 0 Å². The second-order valence-corrected chi connectivity index (χ2v) is 6.59. The molecule has 0 atom stereocenters. The number of rotatable bonds is 6. The van der Waals surface area contributed by atoms with E-state index < -0.39 is 5.95 Å². The van der Waals surface area contributed by atoms with Crippen molar-refractivity contribution in [1.29, 1.82) is 0 Å². The summed E-state index contributed by atoms with van der Waals surface area (Å²) in [6.45, 7) is 0. The fraction of sp³-hybridized carbons (Fsp3) is 0.118. The summed E-state index contributed by atoms with van der Waals surface area (Å²) in [5.41, 5.74) is 1.36. The highest BCUT2D eigenvalue weighted by molar-refractivity contribution is 7.99. The van der Waals surface area contributed by atoms with Crippen LogP contribution in [0.5, 0.6) is 5.95 Å². The Balaban J connectivity index is 1.59. The molecule has 0 saturated carbocycles. The van der Waals surface area contributed by atoms with E-state index >= 15 is 0 Å².